The Labute approximate surface area is 159 Å². The van der Waals surface area contributed by atoms with Gasteiger partial charge < -0.3 is 19.3 Å². The number of amides is 1. The van der Waals surface area contributed by atoms with E-state index in [1.165, 1.54) is 0 Å². The zero-order valence-corrected chi connectivity index (χ0v) is 15.9. The molecule has 0 aromatic carbocycles. The number of aryl methyl sites for hydroxylation is 1. The Morgan fingerprint density at radius 2 is 2.11 bits per heavy atom. The van der Waals surface area contributed by atoms with Gasteiger partial charge in [-0.15, -0.1) is 0 Å². The molecule has 8 heteroatoms. The molecule has 1 aromatic rings. The van der Waals surface area contributed by atoms with Crippen molar-refractivity contribution in [1.82, 2.24) is 15.1 Å². The van der Waals surface area contributed by atoms with Crippen molar-refractivity contribution >= 4 is 11.6 Å². The summed E-state index contributed by atoms with van der Waals surface area (Å²) in [5.74, 6) is 1.78. The lowest BCUT2D eigenvalue weighted by atomic mass is 9.96. The third-order valence-electron chi connectivity index (χ3n) is 5.49. The van der Waals surface area contributed by atoms with Crippen LogP contribution in [-0.2, 0) is 20.9 Å². The van der Waals surface area contributed by atoms with Crippen molar-refractivity contribution in [2.45, 2.75) is 31.9 Å². The van der Waals surface area contributed by atoms with Crippen LogP contribution >= 0.6 is 0 Å². The summed E-state index contributed by atoms with van der Waals surface area (Å²) in [5.41, 5.74) is 0.145. The summed E-state index contributed by atoms with van der Waals surface area (Å²) in [4.78, 5) is 22.7. The fourth-order valence-corrected chi connectivity index (χ4v) is 3.97. The van der Waals surface area contributed by atoms with E-state index in [4.69, 9.17) is 14.0 Å². The van der Waals surface area contributed by atoms with E-state index >= 15 is 0 Å². The first-order chi connectivity index (χ1) is 13.1. The van der Waals surface area contributed by atoms with Crippen LogP contribution in [0, 0.1) is 6.92 Å². The average molecular weight is 376 g/mol. The van der Waals surface area contributed by atoms with Crippen molar-refractivity contribution in [3.63, 3.8) is 0 Å². The highest BCUT2D eigenvalue weighted by atomic mass is 16.7. The summed E-state index contributed by atoms with van der Waals surface area (Å²) < 4.78 is 11.0. The number of carbonyl (C=O) groups is 1. The molecule has 2 saturated heterocycles. The molecule has 3 aliphatic rings. The van der Waals surface area contributed by atoms with E-state index in [1.54, 1.807) is 0 Å². The molecule has 0 aliphatic carbocycles. The first kappa shape index (κ1) is 18.5. The van der Waals surface area contributed by atoms with Gasteiger partial charge in [-0.05, 0) is 19.1 Å². The van der Waals surface area contributed by atoms with E-state index in [-0.39, 0.29) is 11.5 Å². The highest BCUT2D eigenvalue weighted by Crippen LogP contribution is 2.34. The van der Waals surface area contributed by atoms with Crippen LogP contribution in [-0.4, -0.2) is 79.5 Å². The average Bonchev–Trinajstić information content (AvgIpc) is 3.38. The van der Waals surface area contributed by atoms with Crippen LogP contribution < -0.4 is 5.32 Å². The summed E-state index contributed by atoms with van der Waals surface area (Å²) in [6, 6.07) is 4.00. The first-order valence-electron chi connectivity index (χ1n) is 9.73. The smallest absolute Gasteiger partial charge is 0.269 e. The van der Waals surface area contributed by atoms with Crippen molar-refractivity contribution < 1.29 is 18.8 Å². The Hall–Kier alpha value is -1.90. The quantitative estimate of drug-likeness (QED) is 0.790. The number of nitrogens with zero attached hydrogens (tertiary/aromatic N) is 3. The van der Waals surface area contributed by atoms with Gasteiger partial charge in [0.15, 0.2) is 5.60 Å². The second-order valence-corrected chi connectivity index (χ2v) is 7.67. The maximum atomic E-state index is 12.4. The molecule has 0 unspecified atom stereocenters. The van der Waals surface area contributed by atoms with Crippen molar-refractivity contribution in [2.75, 3.05) is 52.5 Å². The van der Waals surface area contributed by atoms with Gasteiger partial charge >= 0.3 is 0 Å². The van der Waals surface area contributed by atoms with Crippen molar-refractivity contribution in [2.24, 2.45) is 5.16 Å². The fraction of sp³-hybridized carbons (Fsp3) is 0.684. The monoisotopic (exact) mass is 376 g/mol. The molecular formula is C19H28N4O4. The van der Waals surface area contributed by atoms with Crippen LogP contribution in [0.25, 0.3) is 0 Å². The fourth-order valence-electron chi connectivity index (χ4n) is 3.97. The minimum Gasteiger partial charge on any atom is -0.465 e. The number of likely N-dealkylation sites (tertiary alicyclic amines) is 1. The molecule has 2 fully saturated rings. The minimum absolute atomic E-state index is 0.111. The molecule has 1 aromatic heterocycles. The largest absolute Gasteiger partial charge is 0.465 e. The maximum Gasteiger partial charge on any atom is 0.269 e. The molecule has 8 nitrogen and oxygen atoms in total. The number of carbonyl (C=O) groups excluding carboxylic acids is 1. The number of oxime groups is 1. The first-order valence-corrected chi connectivity index (χ1v) is 9.73. The second-order valence-electron chi connectivity index (χ2n) is 7.67. The van der Waals surface area contributed by atoms with Gasteiger partial charge in [-0.2, -0.15) is 0 Å². The normalized spacial score (nSPS) is 26.3. The molecule has 3 aliphatic heterocycles. The number of hydrogen-bond acceptors (Lipinski definition) is 7. The molecule has 4 heterocycles. The van der Waals surface area contributed by atoms with Gasteiger partial charge in [0.25, 0.3) is 5.91 Å². The van der Waals surface area contributed by atoms with E-state index in [0.717, 1.165) is 70.4 Å². The molecule has 1 amide bonds. The van der Waals surface area contributed by atoms with E-state index in [9.17, 15) is 4.79 Å². The molecule has 0 radical (unpaired) electrons. The van der Waals surface area contributed by atoms with Gasteiger partial charge in [0.1, 0.15) is 17.2 Å². The van der Waals surface area contributed by atoms with Crippen molar-refractivity contribution in [3.05, 3.63) is 23.7 Å². The standard InChI is InChI=1S/C19H28N4O4/c1-15-2-3-16(26-15)13-23-6-4-19(14-23)12-17(21-27-19)18(24)20-5-7-22-8-10-25-11-9-22/h2-3H,4-14H2,1H3,(H,20,24)/t19-/m1/s1. The van der Waals surface area contributed by atoms with E-state index in [2.05, 4.69) is 20.3 Å². The number of ether oxygens (including phenoxy) is 1. The molecule has 1 N–H and O–H groups in total. The van der Waals surface area contributed by atoms with Gasteiger partial charge in [0, 0.05) is 52.1 Å². The number of morpholine rings is 1. The summed E-state index contributed by atoms with van der Waals surface area (Å²) >= 11 is 0. The third kappa shape index (κ3) is 4.51. The Morgan fingerprint density at radius 3 is 2.89 bits per heavy atom. The Morgan fingerprint density at radius 1 is 1.26 bits per heavy atom. The zero-order valence-electron chi connectivity index (χ0n) is 15.9. The van der Waals surface area contributed by atoms with Crippen molar-refractivity contribution in [3.8, 4) is 0 Å². The number of hydrogen-bond donors (Lipinski definition) is 1. The molecule has 4 rings (SSSR count). The lowest BCUT2D eigenvalue weighted by Gasteiger charge is -2.26. The summed E-state index contributed by atoms with van der Waals surface area (Å²) in [6.07, 6.45) is 1.45. The van der Waals surface area contributed by atoms with E-state index in [1.807, 2.05) is 19.1 Å². The Balaban J connectivity index is 1.21. The summed E-state index contributed by atoms with van der Waals surface area (Å²) in [7, 11) is 0. The van der Waals surface area contributed by atoms with Crippen LogP contribution in [0.2, 0.25) is 0 Å². The minimum atomic E-state index is -0.363. The van der Waals surface area contributed by atoms with Gasteiger partial charge in [-0.25, -0.2) is 0 Å². The van der Waals surface area contributed by atoms with Crippen LogP contribution in [0.1, 0.15) is 24.4 Å². The predicted molar refractivity (Wildman–Crippen MR) is 99.5 cm³/mol. The lowest BCUT2D eigenvalue weighted by molar-refractivity contribution is -0.115. The number of nitrogens with one attached hydrogen (secondary N) is 1. The molecule has 0 saturated carbocycles. The molecular weight excluding hydrogens is 348 g/mol. The van der Waals surface area contributed by atoms with E-state index < -0.39 is 0 Å². The van der Waals surface area contributed by atoms with Crippen molar-refractivity contribution in [1.29, 1.82) is 0 Å². The lowest BCUT2D eigenvalue weighted by Crippen LogP contribution is -2.43. The molecule has 1 spiro atoms. The van der Waals surface area contributed by atoms with Crippen LogP contribution in [0.3, 0.4) is 0 Å². The number of furan rings is 1. The Kier molecular flexibility index (Phi) is 5.47. The van der Waals surface area contributed by atoms with Gasteiger partial charge in [-0.3, -0.25) is 14.6 Å². The Bertz CT molecular complexity index is 698. The maximum absolute atomic E-state index is 12.4. The van der Waals surface area contributed by atoms with Gasteiger partial charge in [0.05, 0.1) is 19.8 Å². The molecule has 1 atom stereocenters. The predicted octanol–water partition coefficient (Wildman–Crippen LogP) is 0.757. The SMILES string of the molecule is Cc1ccc(CN2CC[C@@]3(CC(C(=O)NCCN4CCOCC4)=NO3)C2)o1. The third-order valence-corrected chi connectivity index (χ3v) is 5.49. The zero-order chi connectivity index (χ0) is 18.7. The van der Waals surface area contributed by atoms with Crippen LogP contribution in [0.15, 0.2) is 21.7 Å². The highest BCUT2D eigenvalue weighted by Gasteiger charge is 2.46. The summed E-state index contributed by atoms with van der Waals surface area (Å²) in [6.45, 7) is 9.24. The topological polar surface area (TPSA) is 79.5 Å². The molecule has 0 bridgehead atoms. The van der Waals surface area contributed by atoms with E-state index in [0.29, 0.717) is 18.7 Å². The van der Waals surface area contributed by atoms with Gasteiger partial charge in [0.2, 0.25) is 0 Å². The van der Waals surface area contributed by atoms with Crippen LogP contribution in [0.5, 0.6) is 0 Å². The van der Waals surface area contributed by atoms with Gasteiger partial charge in [-0.1, -0.05) is 5.16 Å². The second kappa shape index (κ2) is 8.00. The highest BCUT2D eigenvalue weighted by molar-refractivity contribution is 6.39. The number of rotatable bonds is 6. The summed E-state index contributed by atoms with van der Waals surface area (Å²) in [5, 5.41) is 7.07. The molecule has 27 heavy (non-hydrogen) atoms. The molecule has 148 valence electrons. The van der Waals surface area contributed by atoms with Crippen LogP contribution in [0.4, 0.5) is 0 Å².